The molecule has 1 aromatic carbocycles. The van der Waals surface area contributed by atoms with Crippen molar-refractivity contribution in [3.05, 3.63) is 35.9 Å². The zero-order valence-corrected chi connectivity index (χ0v) is 21.8. The van der Waals surface area contributed by atoms with Crippen LogP contribution in [0.15, 0.2) is 30.4 Å². The fourth-order valence-corrected chi connectivity index (χ4v) is 6.62. The number of aliphatic hydroxyl groups excluding tert-OH is 1. The molecule has 4 atom stereocenters. The van der Waals surface area contributed by atoms with Crippen LogP contribution >= 0.6 is 0 Å². The van der Waals surface area contributed by atoms with E-state index in [0.717, 1.165) is 44.5 Å². The third-order valence-electron chi connectivity index (χ3n) is 6.86. The molecule has 9 heteroatoms. The number of carbonyl (C=O) groups is 1. The normalized spacial score (nSPS) is 28.5. The van der Waals surface area contributed by atoms with Gasteiger partial charge in [-0.1, -0.05) is 45.3 Å². The first-order valence-corrected chi connectivity index (χ1v) is 14.5. The van der Waals surface area contributed by atoms with Crippen molar-refractivity contribution < 1.29 is 23.1 Å². The second kappa shape index (κ2) is 12.7. The number of fused-ring (bicyclic) bond motifs is 1. The van der Waals surface area contributed by atoms with Gasteiger partial charge in [0.05, 0.1) is 23.6 Å². The third kappa shape index (κ3) is 7.44. The number of nitrogens with zero attached hydrogens (tertiary/aromatic N) is 1. The van der Waals surface area contributed by atoms with E-state index in [-0.39, 0.29) is 11.5 Å². The van der Waals surface area contributed by atoms with Crippen LogP contribution < -0.4 is 20.1 Å². The van der Waals surface area contributed by atoms with Crippen molar-refractivity contribution in [1.82, 2.24) is 4.72 Å². The van der Waals surface area contributed by atoms with Gasteiger partial charge in [-0.25, -0.2) is 13.1 Å². The topological polar surface area (TPSA) is 122 Å². The molecule has 0 fully saturated rings. The van der Waals surface area contributed by atoms with Crippen LogP contribution in [0.4, 0.5) is 5.69 Å². The fraction of sp³-hybridized carbons (Fsp3) is 0.654. The molecule has 35 heavy (non-hydrogen) atoms. The summed E-state index contributed by atoms with van der Waals surface area (Å²) in [6, 6.07) is 4.38. The first-order chi connectivity index (χ1) is 16.7. The Morgan fingerprint density at radius 1 is 1.23 bits per heavy atom. The first kappa shape index (κ1) is 27.5. The van der Waals surface area contributed by atoms with E-state index in [0.29, 0.717) is 38.0 Å². The van der Waals surface area contributed by atoms with Gasteiger partial charge in [0.1, 0.15) is 5.75 Å². The van der Waals surface area contributed by atoms with Gasteiger partial charge in [-0.15, -0.1) is 0 Å². The van der Waals surface area contributed by atoms with Crippen molar-refractivity contribution in [3.63, 3.8) is 0 Å². The molecule has 0 saturated heterocycles. The molecule has 0 aliphatic carbocycles. The molecule has 0 spiro atoms. The number of aliphatic hydroxyl groups is 1. The van der Waals surface area contributed by atoms with Gasteiger partial charge in [0.25, 0.3) is 5.91 Å². The largest absolute Gasteiger partial charge is 0.491 e. The second-order valence-electron chi connectivity index (χ2n) is 9.77. The molecule has 1 aromatic rings. The summed E-state index contributed by atoms with van der Waals surface area (Å²) in [5, 5.41) is 9.85. The molecule has 0 unspecified atom stereocenters. The molecule has 2 aliphatic rings. The van der Waals surface area contributed by atoms with Gasteiger partial charge in [0.2, 0.25) is 10.0 Å². The lowest BCUT2D eigenvalue weighted by atomic mass is 9.94. The molecular weight excluding hydrogens is 466 g/mol. The molecule has 2 bridgehead atoms. The maximum Gasteiger partial charge on any atom is 0.264 e. The van der Waals surface area contributed by atoms with Crippen LogP contribution in [-0.4, -0.2) is 56.5 Å². The Labute approximate surface area is 210 Å². The monoisotopic (exact) mass is 507 g/mol. The van der Waals surface area contributed by atoms with Crippen LogP contribution in [0.1, 0.15) is 75.6 Å². The van der Waals surface area contributed by atoms with E-state index in [4.69, 9.17) is 10.5 Å². The van der Waals surface area contributed by atoms with Crippen LogP contribution in [0.3, 0.4) is 0 Å². The Morgan fingerprint density at radius 3 is 2.77 bits per heavy atom. The van der Waals surface area contributed by atoms with Gasteiger partial charge in [-0.2, -0.15) is 0 Å². The smallest absolute Gasteiger partial charge is 0.264 e. The summed E-state index contributed by atoms with van der Waals surface area (Å²) < 4.78 is 34.5. The number of nitrogens with one attached hydrogen (secondary N) is 1. The van der Waals surface area contributed by atoms with E-state index in [1.54, 1.807) is 30.4 Å². The molecular formula is C26H41N3O5S. The molecule has 4 N–H and O–H groups in total. The Kier molecular flexibility index (Phi) is 10.0. The summed E-state index contributed by atoms with van der Waals surface area (Å²) >= 11 is 0. The number of amides is 1. The molecule has 8 nitrogen and oxygen atoms in total. The minimum Gasteiger partial charge on any atom is -0.491 e. The molecule has 0 saturated carbocycles. The average Bonchev–Trinajstić information content (AvgIpc) is 3.01. The molecule has 2 heterocycles. The summed E-state index contributed by atoms with van der Waals surface area (Å²) in [5.74, 6) is 0.280. The Morgan fingerprint density at radius 2 is 2.03 bits per heavy atom. The van der Waals surface area contributed by atoms with Gasteiger partial charge in [0, 0.05) is 24.7 Å². The Hall–Kier alpha value is -2.10. The standard InChI is InChI=1S/C26H41N3O5S/c1-3-5-9-19-16-21(30)10-6-11-22(27)25(8-4-2)35(32,33)28-26(31)20-12-13-24-23(17-20)29(18-19)14-7-15-34-24/h6,10,12-13,17,19,21-22,25,30H,3-5,7-9,11,14-16,18,27H2,1-2H3,(H,28,31)/b10-6-/t19-,21+,22-,25-/m1/s1. The zero-order chi connectivity index (χ0) is 25.4. The summed E-state index contributed by atoms with van der Waals surface area (Å²) in [7, 11) is -4.00. The number of hydrogen-bond donors (Lipinski definition) is 3. The highest BCUT2D eigenvalue weighted by molar-refractivity contribution is 7.90. The predicted molar refractivity (Wildman–Crippen MR) is 139 cm³/mol. The molecule has 2 aliphatic heterocycles. The van der Waals surface area contributed by atoms with Gasteiger partial charge >= 0.3 is 0 Å². The van der Waals surface area contributed by atoms with Crippen molar-refractivity contribution in [3.8, 4) is 5.75 Å². The lowest BCUT2D eigenvalue weighted by Gasteiger charge is -2.30. The van der Waals surface area contributed by atoms with Crippen LogP contribution in [-0.2, 0) is 10.0 Å². The van der Waals surface area contributed by atoms with Crippen LogP contribution in [0.2, 0.25) is 0 Å². The van der Waals surface area contributed by atoms with E-state index in [9.17, 15) is 18.3 Å². The van der Waals surface area contributed by atoms with E-state index in [2.05, 4.69) is 16.5 Å². The predicted octanol–water partition coefficient (Wildman–Crippen LogP) is 3.35. The summed E-state index contributed by atoms with van der Waals surface area (Å²) in [6.45, 7) is 6.11. The van der Waals surface area contributed by atoms with E-state index in [1.165, 1.54) is 0 Å². The van der Waals surface area contributed by atoms with Crippen LogP contribution in [0.5, 0.6) is 5.75 Å². The Balaban J connectivity index is 2.02. The number of sulfonamides is 1. The SMILES string of the molecule is CCCC[C@@H]1C[C@@H](O)/C=C\C[C@@H](N)[C@@H](CCC)S(=O)(=O)NC(=O)c2ccc3c(c2)N(CCCO3)C1. The highest BCUT2D eigenvalue weighted by Crippen LogP contribution is 2.34. The fourth-order valence-electron chi connectivity index (χ4n) is 4.98. The second-order valence-corrected chi connectivity index (χ2v) is 11.7. The number of carbonyl (C=O) groups excluding carboxylic acids is 1. The molecule has 0 radical (unpaired) electrons. The van der Waals surface area contributed by atoms with Crippen molar-refractivity contribution >= 4 is 21.6 Å². The molecule has 196 valence electrons. The van der Waals surface area contributed by atoms with E-state index >= 15 is 0 Å². The number of nitrogens with two attached hydrogens (primary N) is 1. The number of unbranched alkanes of at least 4 members (excludes halogenated alkanes) is 1. The molecule has 1 amide bonds. The third-order valence-corrected chi connectivity index (χ3v) is 8.71. The highest BCUT2D eigenvalue weighted by Gasteiger charge is 2.32. The van der Waals surface area contributed by atoms with E-state index < -0.39 is 33.3 Å². The first-order valence-electron chi connectivity index (χ1n) is 12.9. The maximum absolute atomic E-state index is 13.1. The Bertz CT molecular complexity index is 981. The van der Waals surface area contributed by atoms with E-state index in [1.807, 2.05) is 6.92 Å². The minimum atomic E-state index is -4.00. The van der Waals surface area contributed by atoms with Gasteiger partial charge in [-0.3, -0.25) is 4.79 Å². The number of benzene rings is 1. The maximum atomic E-state index is 13.1. The number of anilines is 1. The van der Waals surface area contributed by atoms with Crippen molar-refractivity contribution in [2.24, 2.45) is 11.7 Å². The van der Waals surface area contributed by atoms with Crippen molar-refractivity contribution in [2.45, 2.75) is 82.6 Å². The minimum absolute atomic E-state index is 0.257. The zero-order valence-electron chi connectivity index (χ0n) is 21.0. The molecule has 0 aromatic heterocycles. The average molecular weight is 508 g/mol. The van der Waals surface area contributed by atoms with Crippen molar-refractivity contribution in [1.29, 1.82) is 0 Å². The number of hydrogen-bond acceptors (Lipinski definition) is 7. The summed E-state index contributed by atoms with van der Waals surface area (Å²) in [5.41, 5.74) is 7.34. The number of rotatable bonds is 5. The van der Waals surface area contributed by atoms with Crippen molar-refractivity contribution in [2.75, 3.05) is 24.6 Å². The number of ether oxygens (including phenoxy) is 1. The summed E-state index contributed by atoms with van der Waals surface area (Å²) in [6.07, 6.45) is 8.72. The summed E-state index contributed by atoms with van der Waals surface area (Å²) in [4.78, 5) is 15.3. The van der Waals surface area contributed by atoms with Gasteiger partial charge < -0.3 is 20.5 Å². The lowest BCUT2D eigenvalue weighted by molar-refractivity contribution is 0.0981. The quantitative estimate of drug-likeness (QED) is 0.523. The lowest BCUT2D eigenvalue weighted by Crippen LogP contribution is -2.47. The van der Waals surface area contributed by atoms with Crippen LogP contribution in [0, 0.1) is 5.92 Å². The van der Waals surface area contributed by atoms with Crippen LogP contribution in [0.25, 0.3) is 0 Å². The van der Waals surface area contributed by atoms with Gasteiger partial charge in [0.15, 0.2) is 0 Å². The highest BCUT2D eigenvalue weighted by atomic mass is 32.2. The van der Waals surface area contributed by atoms with Gasteiger partial charge in [-0.05, 0) is 56.2 Å². The molecule has 3 rings (SSSR count).